The summed E-state index contributed by atoms with van der Waals surface area (Å²) in [5.74, 6) is -0.0720. The molecule has 2 aromatic carbocycles. The third-order valence-electron chi connectivity index (χ3n) is 3.06. The maximum atomic E-state index is 12.2. The lowest BCUT2D eigenvalue weighted by molar-refractivity contribution is 0.0951. The van der Waals surface area contributed by atoms with Crippen molar-refractivity contribution in [1.29, 1.82) is 0 Å². The van der Waals surface area contributed by atoms with Crippen LogP contribution in [0.3, 0.4) is 0 Å². The summed E-state index contributed by atoms with van der Waals surface area (Å²) in [7, 11) is 1.82. The molecule has 0 aromatic heterocycles. The summed E-state index contributed by atoms with van der Waals surface area (Å²) < 4.78 is 1.03. The lowest BCUT2D eigenvalue weighted by atomic mass is 10.1. The molecule has 2 rings (SSSR count). The molecule has 2 N–H and O–H groups in total. The molecule has 0 atom stereocenters. The van der Waals surface area contributed by atoms with Gasteiger partial charge in [0, 0.05) is 23.8 Å². The second-order valence-corrected chi connectivity index (χ2v) is 5.52. The zero-order chi connectivity index (χ0) is 14.5. The van der Waals surface area contributed by atoms with Crippen molar-refractivity contribution in [1.82, 2.24) is 5.32 Å². The van der Waals surface area contributed by atoms with Gasteiger partial charge in [0.1, 0.15) is 0 Å². The predicted octanol–water partition coefficient (Wildman–Crippen LogP) is 3.73. The van der Waals surface area contributed by atoms with E-state index in [1.807, 2.05) is 56.4 Å². The molecule has 0 unspecified atom stereocenters. The standard InChI is InChI=1S/C16H17BrN2O/c1-11-3-8-14(15(9-11)18-2)16(20)19-10-12-4-6-13(17)7-5-12/h3-9,18H,10H2,1-2H3,(H,19,20). The number of aryl methyl sites for hydroxylation is 1. The van der Waals surface area contributed by atoms with Gasteiger partial charge in [0.2, 0.25) is 0 Å². The Morgan fingerprint density at radius 3 is 2.50 bits per heavy atom. The van der Waals surface area contributed by atoms with Gasteiger partial charge in [-0.2, -0.15) is 0 Å². The van der Waals surface area contributed by atoms with Gasteiger partial charge in [-0.05, 0) is 42.3 Å². The average molecular weight is 333 g/mol. The largest absolute Gasteiger partial charge is 0.387 e. The van der Waals surface area contributed by atoms with Crippen LogP contribution >= 0.6 is 15.9 Å². The zero-order valence-electron chi connectivity index (χ0n) is 11.5. The third-order valence-corrected chi connectivity index (χ3v) is 3.58. The van der Waals surface area contributed by atoms with Gasteiger partial charge in [0.15, 0.2) is 0 Å². The van der Waals surface area contributed by atoms with Crippen LogP contribution in [0.2, 0.25) is 0 Å². The second kappa shape index (κ2) is 6.57. The molecule has 3 nitrogen and oxygen atoms in total. The van der Waals surface area contributed by atoms with E-state index in [0.717, 1.165) is 21.3 Å². The Bertz CT molecular complexity index is 608. The van der Waals surface area contributed by atoms with Gasteiger partial charge in [0.25, 0.3) is 5.91 Å². The van der Waals surface area contributed by atoms with E-state index in [1.165, 1.54) is 0 Å². The Morgan fingerprint density at radius 2 is 1.85 bits per heavy atom. The minimum atomic E-state index is -0.0720. The molecule has 104 valence electrons. The van der Waals surface area contributed by atoms with Gasteiger partial charge in [0.05, 0.1) is 5.56 Å². The number of nitrogens with one attached hydrogen (secondary N) is 2. The smallest absolute Gasteiger partial charge is 0.253 e. The number of rotatable bonds is 4. The fourth-order valence-corrected chi connectivity index (χ4v) is 2.21. The van der Waals surface area contributed by atoms with E-state index in [-0.39, 0.29) is 5.91 Å². The lowest BCUT2D eigenvalue weighted by Gasteiger charge is -2.11. The molecule has 2 aromatic rings. The summed E-state index contributed by atoms with van der Waals surface area (Å²) >= 11 is 3.39. The highest BCUT2D eigenvalue weighted by Crippen LogP contribution is 2.17. The average Bonchev–Trinajstić information content (AvgIpc) is 2.46. The highest BCUT2D eigenvalue weighted by molar-refractivity contribution is 9.10. The Hall–Kier alpha value is -1.81. The summed E-state index contributed by atoms with van der Waals surface area (Å²) in [6, 6.07) is 13.7. The first-order valence-corrected chi connectivity index (χ1v) is 7.20. The number of carbonyl (C=O) groups excluding carboxylic acids is 1. The summed E-state index contributed by atoms with van der Waals surface area (Å²) in [6.45, 7) is 2.52. The molecule has 20 heavy (non-hydrogen) atoms. The lowest BCUT2D eigenvalue weighted by Crippen LogP contribution is -2.23. The van der Waals surface area contributed by atoms with E-state index in [2.05, 4.69) is 26.6 Å². The van der Waals surface area contributed by atoms with E-state index < -0.39 is 0 Å². The molecule has 4 heteroatoms. The van der Waals surface area contributed by atoms with Crippen molar-refractivity contribution in [2.45, 2.75) is 13.5 Å². The molecule has 0 saturated heterocycles. The summed E-state index contributed by atoms with van der Waals surface area (Å²) in [4.78, 5) is 12.2. The Morgan fingerprint density at radius 1 is 1.15 bits per heavy atom. The Labute approximate surface area is 127 Å². The fraction of sp³-hybridized carbons (Fsp3) is 0.188. The van der Waals surface area contributed by atoms with Gasteiger partial charge < -0.3 is 10.6 Å². The first-order chi connectivity index (χ1) is 9.60. The number of hydrogen-bond donors (Lipinski definition) is 2. The van der Waals surface area contributed by atoms with Crippen LogP contribution in [0.15, 0.2) is 46.9 Å². The predicted molar refractivity (Wildman–Crippen MR) is 86.0 cm³/mol. The van der Waals surface area contributed by atoms with Crippen molar-refractivity contribution < 1.29 is 4.79 Å². The summed E-state index contributed by atoms with van der Waals surface area (Å²) in [5.41, 5.74) is 3.70. The first kappa shape index (κ1) is 14.6. The topological polar surface area (TPSA) is 41.1 Å². The van der Waals surface area contributed by atoms with Crippen molar-refractivity contribution >= 4 is 27.5 Å². The minimum Gasteiger partial charge on any atom is -0.387 e. The number of carbonyl (C=O) groups is 1. The van der Waals surface area contributed by atoms with Gasteiger partial charge in [-0.25, -0.2) is 0 Å². The van der Waals surface area contributed by atoms with E-state index >= 15 is 0 Å². The van der Waals surface area contributed by atoms with Crippen LogP contribution in [-0.4, -0.2) is 13.0 Å². The molecule has 0 bridgehead atoms. The summed E-state index contributed by atoms with van der Waals surface area (Å²) in [6.07, 6.45) is 0. The second-order valence-electron chi connectivity index (χ2n) is 4.61. The summed E-state index contributed by atoms with van der Waals surface area (Å²) in [5, 5.41) is 5.99. The van der Waals surface area contributed by atoms with E-state index in [1.54, 1.807) is 0 Å². The molecule has 0 aliphatic carbocycles. The number of anilines is 1. The highest BCUT2D eigenvalue weighted by Gasteiger charge is 2.10. The van der Waals surface area contributed by atoms with Gasteiger partial charge in [-0.3, -0.25) is 4.79 Å². The Balaban J connectivity index is 2.07. The van der Waals surface area contributed by atoms with Crippen molar-refractivity contribution in [3.63, 3.8) is 0 Å². The molecule has 0 spiro atoms. The fourth-order valence-electron chi connectivity index (χ4n) is 1.94. The van der Waals surface area contributed by atoms with Crippen LogP contribution in [0.1, 0.15) is 21.5 Å². The van der Waals surface area contributed by atoms with Crippen molar-refractivity contribution in [2.75, 3.05) is 12.4 Å². The molecular formula is C16H17BrN2O. The molecule has 0 aliphatic rings. The van der Waals surface area contributed by atoms with Crippen LogP contribution < -0.4 is 10.6 Å². The third kappa shape index (κ3) is 3.61. The van der Waals surface area contributed by atoms with Gasteiger partial charge in [-0.15, -0.1) is 0 Å². The number of amides is 1. The molecule has 0 fully saturated rings. The van der Waals surface area contributed by atoms with E-state index in [9.17, 15) is 4.79 Å². The minimum absolute atomic E-state index is 0.0720. The highest BCUT2D eigenvalue weighted by atomic mass is 79.9. The van der Waals surface area contributed by atoms with Crippen molar-refractivity contribution in [2.24, 2.45) is 0 Å². The van der Waals surface area contributed by atoms with Crippen LogP contribution in [0.25, 0.3) is 0 Å². The van der Waals surface area contributed by atoms with Gasteiger partial charge >= 0.3 is 0 Å². The monoisotopic (exact) mass is 332 g/mol. The molecule has 0 heterocycles. The molecule has 1 amide bonds. The zero-order valence-corrected chi connectivity index (χ0v) is 13.1. The number of halogens is 1. The molecule has 0 saturated carbocycles. The maximum absolute atomic E-state index is 12.2. The molecule has 0 aliphatic heterocycles. The van der Waals surface area contributed by atoms with Crippen LogP contribution in [-0.2, 0) is 6.54 Å². The quantitative estimate of drug-likeness (QED) is 0.895. The van der Waals surface area contributed by atoms with E-state index in [4.69, 9.17) is 0 Å². The van der Waals surface area contributed by atoms with Crippen LogP contribution in [0, 0.1) is 6.92 Å². The van der Waals surface area contributed by atoms with E-state index in [0.29, 0.717) is 12.1 Å². The van der Waals surface area contributed by atoms with Gasteiger partial charge in [-0.1, -0.05) is 34.1 Å². The van der Waals surface area contributed by atoms with Crippen molar-refractivity contribution in [3.8, 4) is 0 Å². The SMILES string of the molecule is CNc1cc(C)ccc1C(=O)NCc1ccc(Br)cc1. The number of benzene rings is 2. The Kier molecular flexibility index (Phi) is 4.79. The number of hydrogen-bond acceptors (Lipinski definition) is 2. The van der Waals surface area contributed by atoms with Crippen molar-refractivity contribution in [3.05, 3.63) is 63.6 Å². The normalized spacial score (nSPS) is 10.2. The first-order valence-electron chi connectivity index (χ1n) is 6.41. The van der Waals surface area contributed by atoms with Crippen LogP contribution in [0.4, 0.5) is 5.69 Å². The maximum Gasteiger partial charge on any atom is 0.253 e. The molecule has 0 radical (unpaired) electrons. The molecular weight excluding hydrogens is 316 g/mol. The van der Waals surface area contributed by atoms with Crippen LogP contribution in [0.5, 0.6) is 0 Å².